The number of rotatable bonds is 1. The second-order valence-electron chi connectivity index (χ2n) is 3.15. The Morgan fingerprint density at radius 1 is 1.33 bits per heavy atom. The van der Waals surface area contributed by atoms with Crippen LogP contribution in [-0.2, 0) is 7.05 Å². The van der Waals surface area contributed by atoms with Gasteiger partial charge in [-0.3, -0.25) is 0 Å². The van der Waals surface area contributed by atoms with Gasteiger partial charge in [0.1, 0.15) is 0 Å². The summed E-state index contributed by atoms with van der Waals surface area (Å²) in [6.07, 6.45) is 0. The minimum absolute atomic E-state index is 0.381. The Bertz CT molecular complexity index is 486. The number of benzene rings is 1. The zero-order valence-electron chi connectivity index (χ0n) is 8.11. The molecule has 2 aromatic rings. The van der Waals surface area contributed by atoms with Crippen molar-refractivity contribution in [3.8, 4) is 11.4 Å². The number of anilines is 2. The van der Waals surface area contributed by atoms with Crippen molar-refractivity contribution >= 4 is 27.6 Å². The van der Waals surface area contributed by atoms with Gasteiger partial charge in [-0.05, 0) is 34.1 Å². The van der Waals surface area contributed by atoms with Crippen LogP contribution in [0.15, 0.2) is 22.7 Å². The topological polar surface area (TPSA) is 82.8 Å². The summed E-state index contributed by atoms with van der Waals surface area (Å²) in [4.78, 5) is 4.11. The Hall–Kier alpha value is -1.56. The maximum Gasteiger partial charge on any atom is 0.218 e. The molecule has 0 fully saturated rings. The summed E-state index contributed by atoms with van der Waals surface area (Å²) in [5.41, 5.74) is 12.9. The Labute approximate surface area is 95.2 Å². The number of aromatic nitrogens is 3. The minimum atomic E-state index is 0.381. The summed E-state index contributed by atoms with van der Waals surface area (Å²) >= 11 is 3.33. The van der Waals surface area contributed by atoms with Crippen LogP contribution in [0, 0.1) is 0 Å². The first-order valence-electron chi connectivity index (χ1n) is 4.30. The normalized spacial score (nSPS) is 10.5. The molecule has 4 N–H and O–H groups in total. The van der Waals surface area contributed by atoms with Crippen LogP contribution in [0.3, 0.4) is 0 Å². The fourth-order valence-electron chi connectivity index (χ4n) is 1.20. The number of hydrogen-bond acceptors (Lipinski definition) is 4. The van der Waals surface area contributed by atoms with Crippen molar-refractivity contribution in [3.63, 3.8) is 0 Å². The van der Waals surface area contributed by atoms with E-state index in [1.165, 1.54) is 4.68 Å². The van der Waals surface area contributed by atoms with E-state index in [1.807, 2.05) is 12.1 Å². The van der Waals surface area contributed by atoms with E-state index in [0.29, 0.717) is 17.5 Å². The number of halogens is 1. The van der Waals surface area contributed by atoms with E-state index in [0.717, 1.165) is 10.0 Å². The molecule has 0 spiro atoms. The molecule has 0 saturated heterocycles. The van der Waals surface area contributed by atoms with E-state index >= 15 is 0 Å². The van der Waals surface area contributed by atoms with Crippen molar-refractivity contribution in [2.75, 3.05) is 11.5 Å². The number of nitrogens with two attached hydrogens (primary N) is 2. The summed E-state index contributed by atoms with van der Waals surface area (Å²) < 4.78 is 2.38. The smallest absolute Gasteiger partial charge is 0.218 e. The van der Waals surface area contributed by atoms with Crippen molar-refractivity contribution in [2.45, 2.75) is 0 Å². The van der Waals surface area contributed by atoms with Crippen molar-refractivity contribution < 1.29 is 0 Å². The average Bonchev–Trinajstić information content (AvgIpc) is 2.52. The van der Waals surface area contributed by atoms with Crippen LogP contribution in [0.4, 0.5) is 11.6 Å². The Balaban J connectivity index is 2.49. The zero-order valence-corrected chi connectivity index (χ0v) is 9.69. The number of nitrogens with zero attached hydrogens (tertiary/aromatic N) is 3. The molecule has 15 heavy (non-hydrogen) atoms. The molecule has 0 atom stereocenters. The summed E-state index contributed by atoms with van der Waals surface area (Å²) in [5, 5.41) is 4.16. The minimum Gasteiger partial charge on any atom is -0.398 e. The van der Waals surface area contributed by atoms with E-state index < -0.39 is 0 Å². The number of hydrogen-bond donors (Lipinski definition) is 2. The monoisotopic (exact) mass is 267 g/mol. The van der Waals surface area contributed by atoms with Crippen LogP contribution in [0.5, 0.6) is 0 Å². The maximum absolute atomic E-state index is 5.76. The van der Waals surface area contributed by atoms with Crippen LogP contribution >= 0.6 is 15.9 Å². The van der Waals surface area contributed by atoms with Crippen LogP contribution < -0.4 is 11.5 Å². The van der Waals surface area contributed by atoms with Crippen LogP contribution in [0.1, 0.15) is 0 Å². The molecular formula is C9H10BrN5. The molecule has 5 nitrogen and oxygen atoms in total. The standard InChI is InChI=1S/C9H10BrN5/c1-15-9(12)13-8(14-15)5-2-3-6(10)7(11)4-5/h2-4H,11H2,1H3,(H2,12,13,14). The lowest BCUT2D eigenvalue weighted by atomic mass is 10.2. The molecule has 2 rings (SSSR count). The van der Waals surface area contributed by atoms with Crippen molar-refractivity contribution in [2.24, 2.45) is 7.05 Å². The first-order valence-corrected chi connectivity index (χ1v) is 5.09. The van der Waals surface area contributed by atoms with Crippen LogP contribution in [0.2, 0.25) is 0 Å². The molecule has 78 valence electrons. The summed E-state index contributed by atoms with van der Waals surface area (Å²) in [5.74, 6) is 0.959. The fourth-order valence-corrected chi connectivity index (χ4v) is 1.45. The van der Waals surface area contributed by atoms with Crippen molar-refractivity contribution in [1.29, 1.82) is 0 Å². The average molecular weight is 268 g/mol. The van der Waals surface area contributed by atoms with Gasteiger partial charge in [0.05, 0.1) is 0 Å². The highest BCUT2D eigenvalue weighted by atomic mass is 79.9. The lowest BCUT2D eigenvalue weighted by Gasteiger charge is -1.99. The highest BCUT2D eigenvalue weighted by Crippen LogP contribution is 2.25. The van der Waals surface area contributed by atoms with Gasteiger partial charge in [-0.2, -0.15) is 4.98 Å². The van der Waals surface area contributed by atoms with Gasteiger partial charge >= 0.3 is 0 Å². The third kappa shape index (κ3) is 1.80. The molecule has 0 radical (unpaired) electrons. The van der Waals surface area contributed by atoms with Gasteiger partial charge in [0.15, 0.2) is 5.82 Å². The van der Waals surface area contributed by atoms with E-state index in [2.05, 4.69) is 26.0 Å². The predicted molar refractivity (Wildman–Crippen MR) is 63.0 cm³/mol. The molecule has 0 aliphatic heterocycles. The summed E-state index contributed by atoms with van der Waals surface area (Å²) in [7, 11) is 1.74. The highest BCUT2D eigenvalue weighted by molar-refractivity contribution is 9.10. The van der Waals surface area contributed by atoms with Gasteiger partial charge in [-0.15, -0.1) is 5.10 Å². The highest BCUT2D eigenvalue weighted by Gasteiger charge is 2.07. The summed E-state index contributed by atoms with van der Waals surface area (Å²) in [6.45, 7) is 0. The molecule has 1 aromatic heterocycles. The predicted octanol–water partition coefficient (Wildman–Crippen LogP) is 1.41. The molecule has 1 heterocycles. The quantitative estimate of drug-likeness (QED) is 0.766. The molecule has 6 heteroatoms. The Morgan fingerprint density at radius 2 is 2.07 bits per heavy atom. The number of nitrogen functional groups attached to an aromatic ring is 2. The molecule has 0 saturated carbocycles. The maximum atomic E-state index is 5.76. The molecule has 0 aliphatic carbocycles. The SMILES string of the molecule is Cn1nc(-c2ccc(Br)c(N)c2)nc1N. The fraction of sp³-hybridized carbons (Fsp3) is 0.111. The number of aryl methyl sites for hydroxylation is 1. The van der Waals surface area contributed by atoms with Crippen LogP contribution in [-0.4, -0.2) is 14.8 Å². The first kappa shape index (κ1) is 9.97. The van der Waals surface area contributed by atoms with Gasteiger partial charge in [-0.25, -0.2) is 4.68 Å². The van der Waals surface area contributed by atoms with Gasteiger partial charge in [-0.1, -0.05) is 0 Å². The largest absolute Gasteiger partial charge is 0.398 e. The van der Waals surface area contributed by atoms with E-state index in [-0.39, 0.29) is 0 Å². The lowest BCUT2D eigenvalue weighted by molar-refractivity contribution is 0.781. The molecule has 0 unspecified atom stereocenters. The Morgan fingerprint density at radius 3 is 2.60 bits per heavy atom. The summed E-state index contributed by atoms with van der Waals surface area (Å²) in [6, 6.07) is 5.55. The second kappa shape index (κ2) is 3.54. The Kier molecular flexibility index (Phi) is 2.36. The molecule has 0 aliphatic rings. The van der Waals surface area contributed by atoms with Crippen molar-refractivity contribution in [3.05, 3.63) is 22.7 Å². The molecular weight excluding hydrogens is 258 g/mol. The van der Waals surface area contributed by atoms with E-state index in [1.54, 1.807) is 13.1 Å². The van der Waals surface area contributed by atoms with E-state index in [9.17, 15) is 0 Å². The molecule has 0 bridgehead atoms. The third-order valence-corrected chi connectivity index (χ3v) is 2.77. The first-order chi connectivity index (χ1) is 7.08. The van der Waals surface area contributed by atoms with Gasteiger partial charge < -0.3 is 11.5 Å². The second-order valence-corrected chi connectivity index (χ2v) is 4.01. The van der Waals surface area contributed by atoms with Crippen LogP contribution in [0.25, 0.3) is 11.4 Å². The zero-order chi connectivity index (χ0) is 11.0. The third-order valence-electron chi connectivity index (χ3n) is 2.05. The van der Waals surface area contributed by atoms with Crippen molar-refractivity contribution in [1.82, 2.24) is 14.8 Å². The lowest BCUT2D eigenvalue weighted by Crippen LogP contribution is -1.97. The van der Waals surface area contributed by atoms with Gasteiger partial charge in [0, 0.05) is 22.8 Å². The van der Waals surface area contributed by atoms with E-state index in [4.69, 9.17) is 11.5 Å². The molecule has 0 amide bonds. The molecule has 1 aromatic carbocycles. The van der Waals surface area contributed by atoms with Gasteiger partial charge in [0.2, 0.25) is 5.95 Å². The van der Waals surface area contributed by atoms with Gasteiger partial charge in [0.25, 0.3) is 0 Å².